The van der Waals surface area contributed by atoms with Gasteiger partial charge in [-0.3, -0.25) is 9.48 Å². The van der Waals surface area contributed by atoms with Crippen molar-refractivity contribution in [1.82, 2.24) is 19.6 Å². The van der Waals surface area contributed by atoms with Crippen molar-refractivity contribution in [3.63, 3.8) is 0 Å². The molecule has 0 aliphatic carbocycles. The van der Waals surface area contributed by atoms with Crippen molar-refractivity contribution in [2.45, 2.75) is 20.0 Å². The predicted octanol–water partition coefficient (Wildman–Crippen LogP) is 2.96. The monoisotopic (exact) mass is 381 g/mol. The highest BCUT2D eigenvalue weighted by molar-refractivity contribution is 6.05. The number of rotatable bonds is 8. The molecule has 9 nitrogen and oxygen atoms in total. The molecule has 144 valence electrons. The lowest BCUT2D eigenvalue weighted by Gasteiger charge is -2.08. The number of aromatic nitrogens is 4. The van der Waals surface area contributed by atoms with E-state index in [1.165, 1.54) is 23.0 Å². The number of nitro groups is 1. The Kier molecular flexibility index (Phi) is 5.64. The van der Waals surface area contributed by atoms with Crippen LogP contribution < -0.4 is 4.74 Å². The van der Waals surface area contributed by atoms with Crippen LogP contribution in [0.4, 0.5) is 5.82 Å². The molecule has 3 rings (SSSR count). The van der Waals surface area contributed by atoms with Gasteiger partial charge in [-0.15, -0.1) is 0 Å². The van der Waals surface area contributed by atoms with Crippen LogP contribution in [-0.4, -0.2) is 37.4 Å². The summed E-state index contributed by atoms with van der Waals surface area (Å²) in [6, 6.07) is 8.49. The Morgan fingerprint density at radius 1 is 1.32 bits per heavy atom. The third-order valence-electron chi connectivity index (χ3n) is 4.15. The van der Waals surface area contributed by atoms with Gasteiger partial charge in [0.1, 0.15) is 11.4 Å². The van der Waals surface area contributed by atoms with Crippen molar-refractivity contribution in [3.05, 3.63) is 75.7 Å². The van der Waals surface area contributed by atoms with Gasteiger partial charge in [0.2, 0.25) is 5.78 Å². The number of ketones is 1. The molecular formula is C19H19N5O4. The minimum absolute atomic E-state index is 0.139. The number of hydrogen-bond donors (Lipinski definition) is 0. The maximum atomic E-state index is 12.4. The van der Waals surface area contributed by atoms with E-state index in [-0.39, 0.29) is 11.6 Å². The molecule has 28 heavy (non-hydrogen) atoms. The average Bonchev–Trinajstić information content (AvgIpc) is 3.35. The molecule has 0 saturated carbocycles. The van der Waals surface area contributed by atoms with Crippen LogP contribution in [0, 0.1) is 10.1 Å². The predicted molar refractivity (Wildman–Crippen MR) is 102 cm³/mol. The summed E-state index contributed by atoms with van der Waals surface area (Å²) in [4.78, 5) is 22.6. The number of hydrogen-bond acceptors (Lipinski definition) is 6. The van der Waals surface area contributed by atoms with E-state index in [9.17, 15) is 14.9 Å². The highest BCUT2D eigenvalue weighted by atomic mass is 16.6. The van der Waals surface area contributed by atoms with Gasteiger partial charge in [-0.05, 0) is 41.7 Å². The lowest BCUT2D eigenvalue weighted by Crippen LogP contribution is -2.07. The average molecular weight is 381 g/mol. The van der Waals surface area contributed by atoms with E-state index in [0.717, 1.165) is 11.1 Å². The molecule has 3 aromatic rings. The molecule has 0 spiro atoms. The Hall–Kier alpha value is -3.75. The first-order valence-corrected chi connectivity index (χ1v) is 8.60. The van der Waals surface area contributed by atoms with Gasteiger partial charge >= 0.3 is 5.82 Å². The lowest BCUT2D eigenvalue weighted by atomic mass is 10.1. The van der Waals surface area contributed by atoms with Gasteiger partial charge in [-0.2, -0.15) is 9.78 Å². The first-order valence-electron chi connectivity index (χ1n) is 8.60. The quantitative estimate of drug-likeness (QED) is 0.257. The minimum Gasteiger partial charge on any atom is -0.496 e. The van der Waals surface area contributed by atoms with Gasteiger partial charge in [0.25, 0.3) is 0 Å². The van der Waals surface area contributed by atoms with Crippen molar-refractivity contribution in [2.75, 3.05) is 7.11 Å². The van der Waals surface area contributed by atoms with Gasteiger partial charge in [0.05, 0.1) is 31.0 Å². The molecular weight excluding hydrogens is 362 g/mol. The maximum Gasteiger partial charge on any atom is 0.389 e. The third kappa shape index (κ3) is 4.14. The second-order valence-corrected chi connectivity index (χ2v) is 5.93. The molecule has 0 aliphatic rings. The van der Waals surface area contributed by atoms with E-state index in [1.54, 1.807) is 36.2 Å². The summed E-state index contributed by atoms with van der Waals surface area (Å²) in [5.74, 6) is 0.276. The Bertz CT molecular complexity index is 1030. The summed E-state index contributed by atoms with van der Waals surface area (Å²) in [7, 11) is 1.55. The largest absolute Gasteiger partial charge is 0.496 e. The number of carbonyl (C=O) groups is 1. The summed E-state index contributed by atoms with van der Waals surface area (Å²) in [5, 5.41) is 18.8. The van der Waals surface area contributed by atoms with Crippen molar-refractivity contribution in [1.29, 1.82) is 0 Å². The number of ether oxygens (including phenoxy) is 1. The van der Waals surface area contributed by atoms with Crippen LogP contribution in [-0.2, 0) is 13.1 Å². The molecule has 0 bridgehead atoms. The zero-order valence-electron chi connectivity index (χ0n) is 15.5. The van der Waals surface area contributed by atoms with Gasteiger partial charge < -0.3 is 14.9 Å². The summed E-state index contributed by atoms with van der Waals surface area (Å²) in [6.45, 7) is 2.84. The highest BCUT2D eigenvalue weighted by Gasteiger charge is 2.13. The Morgan fingerprint density at radius 2 is 2.14 bits per heavy atom. The number of carbonyl (C=O) groups excluding carboxylic acids is 1. The van der Waals surface area contributed by atoms with Crippen LogP contribution in [0.1, 0.15) is 28.5 Å². The minimum atomic E-state index is -0.542. The van der Waals surface area contributed by atoms with E-state index in [0.29, 0.717) is 24.5 Å². The fraction of sp³-hybridized carbons (Fsp3) is 0.211. The van der Waals surface area contributed by atoms with Crippen LogP contribution in [0.5, 0.6) is 5.75 Å². The molecule has 0 amide bonds. The fourth-order valence-corrected chi connectivity index (χ4v) is 2.79. The van der Waals surface area contributed by atoms with E-state index in [4.69, 9.17) is 4.74 Å². The topological polar surface area (TPSA) is 105 Å². The molecule has 0 fully saturated rings. The van der Waals surface area contributed by atoms with Gasteiger partial charge in [0.15, 0.2) is 0 Å². The van der Waals surface area contributed by atoms with E-state index < -0.39 is 4.92 Å². The van der Waals surface area contributed by atoms with Crippen LogP contribution in [0.25, 0.3) is 6.08 Å². The second-order valence-electron chi connectivity index (χ2n) is 5.93. The number of benzene rings is 1. The second kappa shape index (κ2) is 8.30. The number of methoxy groups -OCH3 is 1. The maximum absolute atomic E-state index is 12.4. The van der Waals surface area contributed by atoms with Gasteiger partial charge in [-0.1, -0.05) is 12.1 Å². The molecule has 0 atom stereocenters. The molecule has 1 aromatic carbocycles. The van der Waals surface area contributed by atoms with Crippen molar-refractivity contribution in [3.8, 4) is 5.75 Å². The molecule has 0 N–H and O–H groups in total. The molecule has 0 aliphatic heterocycles. The van der Waals surface area contributed by atoms with Crippen LogP contribution in [0.15, 0.2) is 48.8 Å². The van der Waals surface area contributed by atoms with Crippen LogP contribution >= 0.6 is 0 Å². The van der Waals surface area contributed by atoms with Crippen molar-refractivity contribution in [2.24, 2.45) is 0 Å². The van der Waals surface area contributed by atoms with Gasteiger partial charge in [-0.25, -0.2) is 0 Å². The van der Waals surface area contributed by atoms with Crippen LogP contribution in [0.2, 0.25) is 0 Å². The Balaban J connectivity index is 1.81. The normalized spacial score (nSPS) is 11.1. The highest BCUT2D eigenvalue weighted by Crippen LogP contribution is 2.22. The lowest BCUT2D eigenvalue weighted by molar-refractivity contribution is -0.389. The summed E-state index contributed by atoms with van der Waals surface area (Å²) < 4.78 is 8.47. The molecule has 0 saturated heterocycles. The van der Waals surface area contributed by atoms with E-state index in [2.05, 4.69) is 10.2 Å². The first kappa shape index (κ1) is 19.0. The zero-order valence-corrected chi connectivity index (χ0v) is 15.5. The molecule has 2 aromatic heterocycles. The summed E-state index contributed by atoms with van der Waals surface area (Å²) >= 11 is 0. The number of allylic oxidation sites excluding steroid dienone is 1. The van der Waals surface area contributed by atoms with Gasteiger partial charge in [0, 0.05) is 18.3 Å². The third-order valence-corrected chi connectivity index (χ3v) is 4.15. The molecule has 0 unspecified atom stereocenters. The molecule has 9 heteroatoms. The smallest absolute Gasteiger partial charge is 0.389 e. The summed E-state index contributed by atoms with van der Waals surface area (Å²) in [6.07, 6.45) is 6.34. The van der Waals surface area contributed by atoms with Crippen LogP contribution in [0.3, 0.4) is 0 Å². The zero-order chi connectivity index (χ0) is 20.1. The number of nitrogens with zero attached hydrogens (tertiary/aromatic N) is 5. The Labute approximate surface area is 161 Å². The van der Waals surface area contributed by atoms with E-state index in [1.807, 2.05) is 19.1 Å². The molecule has 2 heterocycles. The Morgan fingerprint density at radius 3 is 2.82 bits per heavy atom. The van der Waals surface area contributed by atoms with Crippen molar-refractivity contribution < 1.29 is 14.5 Å². The van der Waals surface area contributed by atoms with Crippen molar-refractivity contribution >= 4 is 17.7 Å². The first-order chi connectivity index (χ1) is 13.5. The SMILES string of the molecule is CCn1nccc1C(=O)/C=C/c1ccc(OC)c(Cn2ccc([N+](=O)[O-])n2)c1. The van der Waals surface area contributed by atoms with E-state index >= 15 is 0 Å². The number of aryl methyl sites for hydroxylation is 1. The summed E-state index contributed by atoms with van der Waals surface area (Å²) in [5.41, 5.74) is 2.11. The molecule has 0 radical (unpaired) electrons. The standard InChI is InChI=1S/C19H19N5O4/c1-3-23-16(8-10-20-23)17(25)6-4-14-5-7-18(28-2)15(12-14)13-22-11-9-19(21-22)24(26)27/h4-12H,3,13H2,1-2H3/b6-4+. The fourth-order valence-electron chi connectivity index (χ4n) is 2.79.